The number of ether oxygens (including phenoxy) is 1. The normalized spacial score (nSPS) is 24.4. The molecule has 2 atom stereocenters. The van der Waals surface area contributed by atoms with Crippen LogP contribution < -0.4 is 4.74 Å². The zero-order valence-corrected chi connectivity index (χ0v) is 19.8. The van der Waals surface area contributed by atoms with E-state index < -0.39 is 0 Å². The van der Waals surface area contributed by atoms with Crippen LogP contribution in [0.1, 0.15) is 62.6 Å². The van der Waals surface area contributed by atoms with Gasteiger partial charge in [0, 0.05) is 17.3 Å². The lowest BCUT2D eigenvalue weighted by Crippen LogP contribution is -2.35. The number of hydrogen-bond donors (Lipinski definition) is 0. The Morgan fingerprint density at radius 3 is 2.67 bits per heavy atom. The van der Waals surface area contributed by atoms with Crippen molar-refractivity contribution in [2.75, 3.05) is 26.1 Å². The molecule has 1 aliphatic heterocycles. The molecule has 2 aromatic carbocycles. The summed E-state index contributed by atoms with van der Waals surface area (Å²) in [5, 5.41) is 0. The number of aryl methyl sites for hydroxylation is 2. The SMILES string of the molecule is CCc1ccc(SCN2CCCC3(c4cccc(OC)c4)CCCC3C2)cc1CC. The summed E-state index contributed by atoms with van der Waals surface area (Å²) in [6.45, 7) is 6.99. The number of fused-ring (bicyclic) bond motifs is 1. The maximum atomic E-state index is 5.55. The fourth-order valence-electron chi connectivity index (χ4n) is 5.87. The van der Waals surface area contributed by atoms with E-state index in [2.05, 4.69) is 61.2 Å². The minimum atomic E-state index is 0.353. The van der Waals surface area contributed by atoms with Gasteiger partial charge in [0.25, 0.3) is 0 Å². The number of methoxy groups -OCH3 is 1. The maximum Gasteiger partial charge on any atom is 0.119 e. The molecule has 0 N–H and O–H groups in total. The van der Waals surface area contributed by atoms with Gasteiger partial charge in [0.2, 0.25) is 0 Å². The molecule has 0 amide bonds. The molecule has 4 rings (SSSR count). The van der Waals surface area contributed by atoms with Crippen LogP contribution in [0.2, 0.25) is 0 Å². The van der Waals surface area contributed by atoms with Crippen molar-refractivity contribution in [1.29, 1.82) is 0 Å². The highest BCUT2D eigenvalue weighted by atomic mass is 32.2. The molecule has 0 radical (unpaired) electrons. The van der Waals surface area contributed by atoms with Gasteiger partial charge in [0.05, 0.1) is 7.11 Å². The molecular weight excluding hydrogens is 386 g/mol. The summed E-state index contributed by atoms with van der Waals surface area (Å²) in [5.74, 6) is 2.88. The first-order chi connectivity index (χ1) is 14.7. The number of hydrogen-bond acceptors (Lipinski definition) is 3. The van der Waals surface area contributed by atoms with Crippen LogP contribution in [0.4, 0.5) is 0 Å². The van der Waals surface area contributed by atoms with Gasteiger partial charge in [0.1, 0.15) is 5.75 Å². The molecule has 162 valence electrons. The Morgan fingerprint density at radius 2 is 1.87 bits per heavy atom. The zero-order valence-electron chi connectivity index (χ0n) is 19.0. The molecule has 0 bridgehead atoms. The highest BCUT2D eigenvalue weighted by molar-refractivity contribution is 7.99. The molecule has 2 fully saturated rings. The largest absolute Gasteiger partial charge is 0.497 e. The van der Waals surface area contributed by atoms with Crippen LogP contribution in [-0.4, -0.2) is 31.0 Å². The van der Waals surface area contributed by atoms with Crippen molar-refractivity contribution in [3.63, 3.8) is 0 Å². The van der Waals surface area contributed by atoms with Gasteiger partial charge in [-0.15, -0.1) is 11.8 Å². The van der Waals surface area contributed by atoms with E-state index in [-0.39, 0.29) is 0 Å². The molecule has 1 saturated heterocycles. The van der Waals surface area contributed by atoms with Crippen molar-refractivity contribution >= 4 is 11.8 Å². The monoisotopic (exact) mass is 423 g/mol. The van der Waals surface area contributed by atoms with Gasteiger partial charge in [-0.1, -0.05) is 38.5 Å². The molecular formula is C27H37NOS. The minimum Gasteiger partial charge on any atom is -0.497 e. The third-order valence-electron chi connectivity index (χ3n) is 7.53. The Labute approximate surface area is 187 Å². The summed E-state index contributed by atoms with van der Waals surface area (Å²) < 4.78 is 5.55. The van der Waals surface area contributed by atoms with E-state index in [1.165, 1.54) is 66.8 Å². The van der Waals surface area contributed by atoms with E-state index in [1.54, 1.807) is 7.11 Å². The van der Waals surface area contributed by atoms with Crippen molar-refractivity contribution < 1.29 is 4.74 Å². The van der Waals surface area contributed by atoms with E-state index >= 15 is 0 Å². The molecule has 1 saturated carbocycles. The van der Waals surface area contributed by atoms with Crippen LogP contribution in [0.25, 0.3) is 0 Å². The first-order valence-corrected chi connectivity index (χ1v) is 12.8. The van der Waals surface area contributed by atoms with E-state index in [0.29, 0.717) is 5.41 Å². The summed E-state index contributed by atoms with van der Waals surface area (Å²) in [6, 6.07) is 16.0. The summed E-state index contributed by atoms with van der Waals surface area (Å²) in [5.41, 5.74) is 4.89. The Bertz CT molecular complexity index is 851. The van der Waals surface area contributed by atoms with Crippen LogP contribution in [-0.2, 0) is 18.3 Å². The topological polar surface area (TPSA) is 12.5 Å². The van der Waals surface area contributed by atoms with E-state index in [4.69, 9.17) is 4.74 Å². The van der Waals surface area contributed by atoms with E-state index in [1.807, 2.05) is 11.8 Å². The number of nitrogens with zero attached hydrogens (tertiary/aromatic N) is 1. The smallest absolute Gasteiger partial charge is 0.119 e. The van der Waals surface area contributed by atoms with Gasteiger partial charge >= 0.3 is 0 Å². The van der Waals surface area contributed by atoms with Gasteiger partial charge in [-0.05, 0) is 97.4 Å². The van der Waals surface area contributed by atoms with E-state index in [9.17, 15) is 0 Å². The number of likely N-dealkylation sites (tertiary alicyclic amines) is 1. The van der Waals surface area contributed by atoms with Crippen LogP contribution in [0.5, 0.6) is 5.75 Å². The second-order valence-corrected chi connectivity index (χ2v) is 10.1. The number of rotatable bonds is 7. The van der Waals surface area contributed by atoms with Gasteiger partial charge in [-0.25, -0.2) is 0 Å². The number of benzene rings is 2. The van der Waals surface area contributed by atoms with Gasteiger partial charge in [0.15, 0.2) is 0 Å². The fraction of sp³-hybridized carbons (Fsp3) is 0.556. The van der Waals surface area contributed by atoms with E-state index in [0.717, 1.165) is 30.4 Å². The molecule has 0 aromatic heterocycles. The van der Waals surface area contributed by atoms with Crippen molar-refractivity contribution in [2.45, 2.75) is 69.1 Å². The lowest BCUT2D eigenvalue weighted by molar-refractivity contribution is 0.246. The zero-order chi connectivity index (χ0) is 21.0. The highest BCUT2D eigenvalue weighted by Crippen LogP contribution is 2.51. The second kappa shape index (κ2) is 9.78. The molecule has 30 heavy (non-hydrogen) atoms. The predicted molar refractivity (Wildman–Crippen MR) is 129 cm³/mol. The summed E-state index contributed by atoms with van der Waals surface area (Å²) in [6.07, 6.45) is 8.94. The van der Waals surface area contributed by atoms with Crippen LogP contribution in [0.3, 0.4) is 0 Å². The first-order valence-electron chi connectivity index (χ1n) is 11.8. The molecule has 2 unspecified atom stereocenters. The van der Waals surface area contributed by atoms with Crippen molar-refractivity contribution in [1.82, 2.24) is 4.90 Å². The van der Waals surface area contributed by atoms with Crippen LogP contribution >= 0.6 is 11.8 Å². The van der Waals surface area contributed by atoms with Crippen molar-refractivity contribution in [3.8, 4) is 5.75 Å². The van der Waals surface area contributed by atoms with Crippen LogP contribution in [0, 0.1) is 5.92 Å². The Hall–Kier alpha value is -1.45. The molecule has 2 aromatic rings. The first kappa shape index (κ1) is 21.8. The highest BCUT2D eigenvalue weighted by Gasteiger charge is 2.45. The van der Waals surface area contributed by atoms with Crippen LogP contribution in [0.15, 0.2) is 47.4 Å². The lowest BCUT2D eigenvalue weighted by atomic mass is 9.69. The average molecular weight is 424 g/mol. The lowest BCUT2D eigenvalue weighted by Gasteiger charge is -2.36. The fourth-order valence-corrected chi connectivity index (χ4v) is 6.82. The summed E-state index contributed by atoms with van der Waals surface area (Å²) in [4.78, 5) is 4.15. The number of thioether (sulfide) groups is 1. The second-order valence-electron chi connectivity index (χ2n) is 9.07. The maximum absolute atomic E-state index is 5.55. The van der Waals surface area contributed by atoms with Crippen molar-refractivity contribution in [2.24, 2.45) is 5.92 Å². The Morgan fingerprint density at radius 1 is 1.03 bits per heavy atom. The predicted octanol–water partition coefficient (Wildman–Crippen LogP) is 6.70. The minimum absolute atomic E-state index is 0.353. The van der Waals surface area contributed by atoms with Crippen molar-refractivity contribution in [3.05, 3.63) is 59.2 Å². The van der Waals surface area contributed by atoms with Gasteiger partial charge < -0.3 is 4.74 Å². The molecule has 1 heterocycles. The third-order valence-corrected chi connectivity index (χ3v) is 8.61. The quantitative estimate of drug-likeness (QED) is 0.460. The third kappa shape index (κ3) is 4.43. The molecule has 1 aliphatic carbocycles. The standard InChI is InChI=1S/C27H37NOS/c1-4-21-12-13-26(17-22(21)5-2)30-20-28-16-8-15-27(14-7-10-24(27)19-28)23-9-6-11-25(18-23)29-3/h6,9,11-13,17-18,24H,4-5,7-8,10,14-16,19-20H2,1-3H3. The molecule has 0 spiro atoms. The summed E-state index contributed by atoms with van der Waals surface area (Å²) in [7, 11) is 1.78. The molecule has 2 nitrogen and oxygen atoms in total. The average Bonchev–Trinajstić information content (AvgIpc) is 3.11. The molecule has 2 aliphatic rings. The van der Waals surface area contributed by atoms with Gasteiger partial charge in [-0.3, -0.25) is 4.90 Å². The Kier molecular flexibility index (Phi) is 7.10. The Balaban J connectivity index is 1.46. The summed E-state index contributed by atoms with van der Waals surface area (Å²) >= 11 is 2.03. The van der Waals surface area contributed by atoms with Gasteiger partial charge in [-0.2, -0.15) is 0 Å². The molecule has 3 heteroatoms.